The van der Waals surface area contributed by atoms with Crippen LogP contribution in [0.4, 0.5) is 0 Å². The fourth-order valence-electron chi connectivity index (χ4n) is 1.91. The summed E-state index contributed by atoms with van der Waals surface area (Å²) in [6.07, 6.45) is 6.85. The van der Waals surface area contributed by atoms with E-state index in [4.69, 9.17) is 0 Å². The Hall–Kier alpha value is -0.701. The van der Waals surface area contributed by atoms with Crippen molar-refractivity contribution in [3.8, 4) is 10.7 Å². The van der Waals surface area contributed by atoms with Crippen LogP contribution >= 0.6 is 0 Å². The van der Waals surface area contributed by atoms with Gasteiger partial charge in [0.05, 0.1) is 0 Å². The molecular weight excluding hydrogens is 247 g/mol. The third-order valence-corrected chi connectivity index (χ3v) is 4.31. The van der Waals surface area contributed by atoms with Gasteiger partial charge in [-0.25, -0.2) is 0 Å². The molecule has 0 N–H and O–H groups in total. The standard InChI is InChI=1S/C14H16Se/c1-3-7-13(8-4-1)11-12-15-14-9-5-2-6-10-14/h2,5-6,9-10,13H,1,3-4,7-8H2. The summed E-state index contributed by atoms with van der Waals surface area (Å²) in [4.78, 5) is 3.38. The first-order chi connectivity index (χ1) is 7.45. The molecule has 0 spiro atoms. The predicted molar refractivity (Wildman–Crippen MR) is 66.2 cm³/mol. The molecule has 0 heterocycles. The number of rotatable bonds is 1. The number of hydrogen-bond donors (Lipinski definition) is 0. The molecular formula is C14H16Se. The van der Waals surface area contributed by atoms with Gasteiger partial charge in [0.25, 0.3) is 0 Å². The van der Waals surface area contributed by atoms with Gasteiger partial charge in [-0.3, -0.25) is 0 Å². The van der Waals surface area contributed by atoms with Crippen molar-refractivity contribution in [2.45, 2.75) is 32.1 Å². The molecule has 0 bridgehead atoms. The zero-order chi connectivity index (χ0) is 10.3. The van der Waals surface area contributed by atoms with Crippen LogP contribution in [0.5, 0.6) is 0 Å². The van der Waals surface area contributed by atoms with Crippen LogP contribution in [-0.4, -0.2) is 15.0 Å². The third-order valence-electron chi connectivity index (χ3n) is 2.78. The molecule has 15 heavy (non-hydrogen) atoms. The predicted octanol–water partition coefficient (Wildman–Crippen LogP) is 2.56. The first-order valence-electron chi connectivity index (χ1n) is 5.67. The van der Waals surface area contributed by atoms with Crippen molar-refractivity contribution in [3.63, 3.8) is 0 Å². The van der Waals surface area contributed by atoms with Crippen LogP contribution in [0.2, 0.25) is 0 Å². The molecule has 1 aliphatic rings. The maximum atomic E-state index is 3.45. The fraction of sp³-hybridized carbons (Fsp3) is 0.429. The van der Waals surface area contributed by atoms with Crippen LogP contribution < -0.4 is 4.46 Å². The van der Waals surface area contributed by atoms with Gasteiger partial charge in [-0.1, -0.05) is 0 Å². The van der Waals surface area contributed by atoms with Crippen LogP contribution in [-0.2, 0) is 0 Å². The Labute approximate surface area is 98.6 Å². The van der Waals surface area contributed by atoms with Crippen molar-refractivity contribution in [2.24, 2.45) is 5.92 Å². The second-order valence-electron chi connectivity index (χ2n) is 4.00. The van der Waals surface area contributed by atoms with Crippen LogP contribution in [0.15, 0.2) is 30.3 Å². The summed E-state index contributed by atoms with van der Waals surface area (Å²) in [5.41, 5.74) is 0. The number of benzene rings is 1. The van der Waals surface area contributed by atoms with E-state index in [2.05, 4.69) is 41.1 Å². The second kappa shape index (κ2) is 6.01. The van der Waals surface area contributed by atoms with E-state index in [1.54, 1.807) is 0 Å². The monoisotopic (exact) mass is 264 g/mol. The minimum atomic E-state index is 0.360. The number of hydrogen-bond acceptors (Lipinski definition) is 0. The molecule has 0 atom stereocenters. The summed E-state index contributed by atoms with van der Waals surface area (Å²) >= 11 is 0.360. The summed E-state index contributed by atoms with van der Waals surface area (Å²) in [6.45, 7) is 0. The Morgan fingerprint density at radius 3 is 2.47 bits per heavy atom. The van der Waals surface area contributed by atoms with Crippen LogP contribution in [0, 0.1) is 16.7 Å². The van der Waals surface area contributed by atoms with E-state index in [1.807, 2.05) is 0 Å². The van der Waals surface area contributed by atoms with E-state index < -0.39 is 0 Å². The molecule has 0 saturated heterocycles. The summed E-state index contributed by atoms with van der Waals surface area (Å²) < 4.78 is 1.40. The fourth-order valence-corrected chi connectivity index (χ4v) is 3.24. The molecule has 0 aromatic heterocycles. The first kappa shape index (κ1) is 10.8. The minimum absolute atomic E-state index is 0.360. The molecule has 0 amide bonds. The van der Waals surface area contributed by atoms with Crippen molar-refractivity contribution in [3.05, 3.63) is 30.3 Å². The van der Waals surface area contributed by atoms with E-state index in [-0.39, 0.29) is 0 Å². The van der Waals surface area contributed by atoms with Gasteiger partial charge in [0, 0.05) is 0 Å². The molecule has 1 aromatic carbocycles. The molecule has 1 aromatic rings. The Balaban J connectivity index is 1.84. The van der Waals surface area contributed by atoms with Gasteiger partial charge in [0.15, 0.2) is 0 Å². The molecule has 1 fully saturated rings. The molecule has 1 saturated carbocycles. The molecule has 2 rings (SSSR count). The topological polar surface area (TPSA) is 0 Å². The SMILES string of the molecule is C(#CC1CCCCC1)[Se]c1ccccc1. The van der Waals surface area contributed by atoms with Crippen molar-refractivity contribution < 1.29 is 0 Å². The molecule has 0 nitrogen and oxygen atoms in total. The zero-order valence-electron chi connectivity index (χ0n) is 8.91. The van der Waals surface area contributed by atoms with Crippen molar-refractivity contribution in [2.75, 3.05) is 0 Å². The van der Waals surface area contributed by atoms with E-state index in [1.165, 1.54) is 36.6 Å². The molecule has 1 heteroatoms. The Kier molecular flexibility index (Phi) is 4.33. The average molecular weight is 263 g/mol. The van der Waals surface area contributed by atoms with Crippen molar-refractivity contribution in [1.29, 1.82) is 0 Å². The van der Waals surface area contributed by atoms with Gasteiger partial charge in [0.1, 0.15) is 0 Å². The van der Waals surface area contributed by atoms with E-state index in [0.717, 1.165) is 0 Å². The van der Waals surface area contributed by atoms with Gasteiger partial charge in [-0.2, -0.15) is 0 Å². The normalized spacial score (nSPS) is 16.8. The van der Waals surface area contributed by atoms with Crippen LogP contribution in [0.1, 0.15) is 32.1 Å². The summed E-state index contributed by atoms with van der Waals surface area (Å²) in [7, 11) is 0. The molecule has 0 aliphatic heterocycles. The molecule has 1 aliphatic carbocycles. The Bertz CT molecular complexity index is 339. The van der Waals surface area contributed by atoms with Crippen LogP contribution in [0.3, 0.4) is 0 Å². The van der Waals surface area contributed by atoms with Gasteiger partial charge in [-0.15, -0.1) is 0 Å². The Morgan fingerprint density at radius 2 is 1.73 bits per heavy atom. The zero-order valence-corrected chi connectivity index (χ0v) is 10.6. The average Bonchev–Trinajstić information content (AvgIpc) is 2.32. The summed E-state index contributed by atoms with van der Waals surface area (Å²) in [5.74, 6) is 4.15. The second-order valence-corrected chi connectivity index (χ2v) is 5.84. The molecule has 0 radical (unpaired) electrons. The van der Waals surface area contributed by atoms with Crippen molar-refractivity contribution >= 4 is 19.4 Å². The quantitative estimate of drug-likeness (QED) is 0.539. The van der Waals surface area contributed by atoms with Gasteiger partial charge in [-0.05, 0) is 0 Å². The van der Waals surface area contributed by atoms with Crippen LogP contribution in [0.25, 0.3) is 0 Å². The third kappa shape index (κ3) is 3.74. The molecule has 0 unspecified atom stereocenters. The first-order valence-corrected chi connectivity index (χ1v) is 7.39. The van der Waals surface area contributed by atoms with Crippen molar-refractivity contribution in [1.82, 2.24) is 0 Å². The van der Waals surface area contributed by atoms with Gasteiger partial charge in [0.2, 0.25) is 0 Å². The Morgan fingerprint density at radius 1 is 1.00 bits per heavy atom. The maximum absolute atomic E-state index is 3.45. The van der Waals surface area contributed by atoms with E-state index in [0.29, 0.717) is 20.9 Å². The van der Waals surface area contributed by atoms with Gasteiger partial charge >= 0.3 is 98.5 Å². The van der Waals surface area contributed by atoms with Gasteiger partial charge < -0.3 is 0 Å². The summed E-state index contributed by atoms with van der Waals surface area (Å²) in [6, 6.07) is 10.6. The van der Waals surface area contributed by atoms with E-state index >= 15 is 0 Å². The molecule has 78 valence electrons. The summed E-state index contributed by atoms with van der Waals surface area (Å²) in [5, 5.41) is 0. The van der Waals surface area contributed by atoms with E-state index in [9.17, 15) is 0 Å².